The van der Waals surface area contributed by atoms with Crippen molar-refractivity contribution in [3.63, 3.8) is 0 Å². The van der Waals surface area contributed by atoms with Crippen molar-refractivity contribution in [2.75, 3.05) is 13.1 Å². The van der Waals surface area contributed by atoms with Crippen molar-refractivity contribution in [1.29, 1.82) is 0 Å². The fraction of sp³-hybridized carbons (Fsp3) is 0.818. The van der Waals surface area contributed by atoms with Gasteiger partial charge in [-0.3, -0.25) is 0 Å². The molecule has 0 aromatic carbocycles. The summed E-state index contributed by atoms with van der Waals surface area (Å²) >= 11 is 0. The van der Waals surface area contributed by atoms with Crippen molar-refractivity contribution >= 4 is 0 Å². The largest absolute Gasteiger partial charge is 0.339 e. The lowest BCUT2D eigenvalue weighted by atomic mass is 9.98. The lowest BCUT2D eigenvalue weighted by Gasteiger charge is -2.18. The van der Waals surface area contributed by atoms with Crippen LogP contribution in [0.25, 0.3) is 0 Å². The molecule has 1 aliphatic heterocycles. The lowest BCUT2D eigenvalue weighted by molar-refractivity contribution is 0.357. The van der Waals surface area contributed by atoms with Gasteiger partial charge in [-0.25, -0.2) is 0 Å². The third-order valence-corrected chi connectivity index (χ3v) is 3.35. The molecule has 0 unspecified atom stereocenters. The van der Waals surface area contributed by atoms with E-state index in [0.29, 0.717) is 5.92 Å². The van der Waals surface area contributed by atoms with Crippen LogP contribution in [0.5, 0.6) is 0 Å². The van der Waals surface area contributed by atoms with Gasteiger partial charge < -0.3 is 9.84 Å². The minimum atomic E-state index is 0.517. The lowest BCUT2D eigenvalue weighted by Crippen LogP contribution is -2.27. The molecule has 1 saturated heterocycles. The van der Waals surface area contributed by atoms with E-state index in [1.165, 1.54) is 12.8 Å². The zero-order valence-corrected chi connectivity index (χ0v) is 8.91. The topological polar surface area (TPSA) is 51.0 Å². The van der Waals surface area contributed by atoms with Crippen molar-refractivity contribution in [2.24, 2.45) is 5.92 Å². The molecule has 0 amide bonds. The molecule has 1 aromatic heterocycles. The second kappa shape index (κ2) is 3.93. The second-order valence-corrected chi connectivity index (χ2v) is 4.72. The number of hydrogen-bond donors (Lipinski definition) is 1. The fourth-order valence-electron chi connectivity index (χ4n) is 2.17. The monoisotopic (exact) mass is 207 g/mol. The van der Waals surface area contributed by atoms with Gasteiger partial charge in [-0.15, -0.1) is 0 Å². The molecule has 4 heteroatoms. The molecule has 1 aromatic rings. The summed E-state index contributed by atoms with van der Waals surface area (Å²) in [6.45, 7) is 2.16. The number of hydrogen-bond acceptors (Lipinski definition) is 4. The number of aromatic nitrogens is 2. The highest BCUT2D eigenvalue weighted by molar-refractivity contribution is 4.99. The van der Waals surface area contributed by atoms with Gasteiger partial charge in [0.05, 0.1) is 0 Å². The molecular weight excluding hydrogens is 190 g/mol. The molecular formula is C11H17N3O. The summed E-state index contributed by atoms with van der Waals surface area (Å²) < 4.78 is 5.29. The van der Waals surface area contributed by atoms with Crippen LogP contribution in [0.4, 0.5) is 0 Å². The summed E-state index contributed by atoms with van der Waals surface area (Å²) in [4.78, 5) is 4.51. The Morgan fingerprint density at radius 2 is 2.00 bits per heavy atom. The maximum atomic E-state index is 5.29. The molecule has 2 heterocycles. The Bertz CT molecular complexity index is 326. The zero-order valence-electron chi connectivity index (χ0n) is 8.91. The minimum Gasteiger partial charge on any atom is -0.339 e. The van der Waals surface area contributed by atoms with Crippen LogP contribution < -0.4 is 5.32 Å². The van der Waals surface area contributed by atoms with Crippen molar-refractivity contribution in [3.8, 4) is 0 Å². The highest BCUT2D eigenvalue weighted by atomic mass is 16.5. The molecule has 4 nitrogen and oxygen atoms in total. The summed E-state index contributed by atoms with van der Waals surface area (Å²) in [6.07, 6.45) is 5.96. The van der Waals surface area contributed by atoms with Crippen LogP contribution in [0.3, 0.4) is 0 Å². The van der Waals surface area contributed by atoms with E-state index >= 15 is 0 Å². The van der Waals surface area contributed by atoms with Gasteiger partial charge in [-0.2, -0.15) is 4.98 Å². The highest BCUT2D eigenvalue weighted by Crippen LogP contribution is 2.32. The Kier molecular flexibility index (Phi) is 2.44. The quantitative estimate of drug-likeness (QED) is 0.815. The van der Waals surface area contributed by atoms with Crippen LogP contribution in [-0.2, 0) is 6.42 Å². The summed E-state index contributed by atoms with van der Waals surface area (Å²) in [7, 11) is 0. The van der Waals surface area contributed by atoms with Gasteiger partial charge in [0.2, 0.25) is 5.89 Å². The maximum absolute atomic E-state index is 5.29. The molecule has 1 aliphatic carbocycles. The summed E-state index contributed by atoms with van der Waals surface area (Å²) in [6, 6.07) is 0. The molecule has 0 spiro atoms. The second-order valence-electron chi connectivity index (χ2n) is 4.72. The van der Waals surface area contributed by atoms with E-state index in [9.17, 15) is 0 Å². The average molecular weight is 207 g/mol. The molecule has 1 saturated carbocycles. The fourth-order valence-corrected chi connectivity index (χ4v) is 2.17. The number of nitrogens with zero attached hydrogens (tertiary/aromatic N) is 2. The van der Waals surface area contributed by atoms with E-state index in [2.05, 4.69) is 15.5 Å². The molecule has 15 heavy (non-hydrogen) atoms. The van der Waals surface area contributed by atoms with Gasteiger partial charge in [-0.05, 0) is 44.7 Å². The Morgan fingerprint density at radius 1 is 1.20 bits per heavy atom. The third-order valence-electron chi connectivity index (χ3n) is 3.35. The summed E-state index contributed by atoms with van der Waals surface area (Å²) in [5.41, 5.74) is 0. The average Bonchev–Trinajstić information content (AvgIpc) is 2.96. The van der Waals surface area contributed by atoms with E-state index in [1.807, 2.05) is 0 Å². The van der Waals surface area contributed by atoms with E-state index < -0.39 is 0 Å². The first-order chi connectivity index (χ1) is 7.42. The Morgan fingerprint density at radius 3 is 2.73 bits per heavy atom. The predicted octanol–water partition coefficient (Wildman–Crippen LogP) is 1.49. The molecule has 2 fully saturated rings. The molecule has 0 atom stereocenters. The molecule has 82 valence electrons. The predicted molar refractivity (Wildman–Crippen MR) is 55.6 cm³/mol. The van der Waals surface area contributed by atoms with E-state index in [1.54, 1.807) is 0 Å². The normalized spacial score (nSPS) is 23.2. The van der Waals surface area contributed by atoms with Crippen LogP contribution >= 0.6 is 0 Å². The zero-order chi connectivity index (χ0) is 10.1. The van der Waals surface area contributed by atoms with Gasteiger partial charge >= 0.3 is 0 Å². The van der Waals surface area contributed by atoms with Crippen LogP contribution in [-0.4, -0.2) is 23.2 Å². The van der Waals surface area contributed by atoms with E-state index in [4.69, 9.17) is 4.52 Å². The Labute approximate surface area is 89.4 Å². The molecule has 0 bridgehead atoms. The molecule has 3 rings (SSSR count). The standard InChI is InChI=1S/C11H17N3O/c1-2-8(1)7-10-13-11(14-15-10)9-3-5-12-6-4-9/h8-9,12H,1-7H2. The Hall–Kier alpha value is -0.900. The molecule has 0 radical (unpaired) electrons. The summed E-state index contributed by atoms with van der Waals surface area (Å²) in [5.74, 6) is 3.13. The van der Waals surface area contributed by atoms with Gasteiger partial charge in [0.25, 0.3) is 0 Å². The smallest absolute Gasteiger partial charge is 0.226 e. The van der Waals surface area contributed by atoms with Crippen molar-refractivity contribution < 1.29 is 4.52 Å². The van der Waals surface area contributed by atoms with E-state index in [-0.39, 0.29) is 0 Å². The van der Waals surface area contributed by atoms with Crippen LogP contribution in [0.2, 0.25) is 0 Å². The van der Waals surface area contributed by atoms with Crippen molar-refractivity contribution in [1.82, 2.24) is 15.5 Å². The van der Waals surface area contributed by atoms with Crippen molar-refractivity contribution in [3.05, 3.63) is 11.7 Å². The SMILES string of the molecule is C1CC(c2noc(CC3CC3)n2)CCN1. The first-order valence-corrected chi connectivity index (χ1v) is 5.95. The minimum absolute atomic E-state index is 0.517. The van der Waals surface area contributed by atoms with Crippen LogP contribution in [0.15, 0.2) is 4.52 Å². The van der Waals surface area contributed by atoms with Gasteiger partial charge in [0, 0.05) is 12.3 Å². The van der Waals surface area contributed by atoms with Gasteiger partial charge in [0.1, 0.15) is 0 Å². The molecule has 2 aliphatic rings. The van der Waals surface area contributed by atoms with Crippen LogP contribution in [0, 0.1) is 5.92 Å². The van der Waals surface area contributed by atoms with Crippen molar-refractivity contribution in [2.45, 2.75) is 38.0 Å². The first kappa shape index (κ1) is 9.33. The molecule has 1 N–H and O–H groups in total. The number of nitrogens with one attached hydrogen (secondary N) is 1. The van der Waals surface area contributed by atoms with Gasteiger partial charge in [0.15, 0.2) is 5.82 Å². The van der Waals surface area contributed by atoms with Gasteiger partial charge in [-0.1, -0.05) is 5.16 Å². The third kappa shape index (κ3) is 2.20. The van der Waals surface area contributed by atoms with Crippen LogP contribution in [0.1, 0.15) is 43.3 Å². The number of rotatable bonds is 3. The Balaban J connectivity index is 1.65. The first-order valence-electron chi connectivity index (χ1n) is 5.95. The van der Waals surface area contributed by atoms with E-state index in [0.717, 1.165) is 50.0 Å². The number of piperidine rings is 1. The highest BCUT2D eigenvalue weighted by Gasteiger charge is 2.26. The summed E-state index contributed by atoms with van der Waals surface area (Å²) in [5, 5.41) is 7.45. The maximum Gasteiger partial charge on any atom is 0.226 e.